The highest BCUT2D eigenvalue weighted by molar-refractivity contribution is 4.82. The second-order valence-corrected chi connectivity index (χ2v) is 5.07. The molecule has 1 saturated carbocycles. The fraction of sp³-hybridized carbons (Fsp3) is 1.00. The Kier molecular flexibility index (Phi) is 4.42. The van der Waals surface area contributed by atoms with Gasteiger partial charge >= 0.3 is 0 Å². The van der Waals surface area contributed by atoms with E-state index in [1.807, 2.05) is 0 Å². The largest absolute Gasteiger partial charge is 0.381 e. The van der Waals surface area contributed by atoms with Gasteiger partial charge in [-0.15, -0.1) is 0 Å². The first kappa shape index (κ1) is 11.4. The minimum atomic E-state index is 0.590. The second-order valence-electron chi connectivity index (χ2n) is 5.07. The summed E-state index contributed by atoms with van der Waals surface area (Å²) in [5.41, 5.74) is 0. The summed E-state index contributed by atoms with van der Waals surface area (Å²) < 4.78 is 5.47. The van der Waals surface area contributed by atoms with E-state index in [0.29, 0.717) is 6.04 Å². The SMILES string of the molecule is CC(CNC1CC1)NCC1CCCOC1. The molecule has 1 aliphatic heterocycles. The summed E-state index contributed by atoms with van der Waals surface area (Å²) in [6.07, 6.45) is 5.32. The van der Waals surface area contributed by atoms with Gasteiger partial charge in [0, 0.05) is 31.8 Å². The van der Waals surface area contributed by atoms with Crippen molar-refractivity contribution in [2.24, 2.45) is 5.92 Å². The van der Waals surface area contributed by atoms with Crippen LogP contribution in [0.1, 0.15) is 32.6 Å². The molecule has 0 amide bonds. The molecule has 2 rings (SSSR count). The first-order chi connectivity index (χ1) is 7.34. The van der Waals surface area contributed by atoms with Crippen LogP contribution in [0.3, 0.4) is 0 Å². The molecule has 1 heterocycles. The van der Waals surface area contributed by atoms with E-state index in [4.69, 9.17) is 4.74 Å². The molecule has 2 fully saturated rings. The summed E-state index contributed by atoms with van der Waals surface area (Å²) >= 11 is 0. The third-order valence-electron chi connectivity index (χ3n) is 3.30. The van der Waals surface area contributed by atoms with Crippen LogP contribution in [-0.4, -0.2) is 38.4 Å². The topological polar surface area (TPSA) is 33.3 Å². The molecule has 2 N–H and O–H groups in total. The van der Waals surface area contributed by atoms with Gasteiger partial charge in [0.25, 0.3) is 0 Å². The molecule has 15 heavy (non-hydrogen) atoms. The Bertz CT molecular complexity index is 176. The van der Waals surface area contributed by atoms with Gasteiger partial charge in [-0.1, -0.05) is 0 Å². The van der Waals surface area contributed by atoms with Gasteiger partial charge in [-0.2, -0.15) is 0 Å². The van der Waals surface area contributed by atoms with Crippen molar-refractivity contribution in [3.63, 3.8) is 0 Å². The second kappa shape index (κ2) is 5.83. The quantitative estimate of drug-likeness (QED) is 0.693. The summed E-state index contributed by atoms with van der Waals surface area (Å²) in [6, 6.07) is 1.42. The van der Waals surface area contributed by atoms with Crippen molar-refractivity contribution in [1.29, 1.82) is 0 Å². The molecule has 0 bridgehead atoms. The maximum Gasteiger partial charge on any atom is 0.0506 e. The van der Waals surface area contributed by atoms with Crippen LogP contribution in [0.4, 0.5) is 0 Å². The number of hydrogen-bond acceptors (Lipinski definition) is 3. The Morgan fingerprint density at radius 3 is 2.87 bits per heavy atom. The van der Waals surface area contributed by atoms with Crippen LogP contribution in [0.2, 0.25) is 0 Å². The zero-order valence-corrected chi connectivity index (χ0v) is 9.80. The molecule has 3 heteroatoms. The third-order valence-corrected chi connectivity index (χ3v) is 3.30. The Hall–Kier alpha value is -0.120. The predicted octanol–water partition coefficient (Wildman–Crippen LogP) is 1.14. The molecule has 2 unspecified atom stereocenters. The lowest BCUT2D eigenvalue weighted by molar-refractivity contribution is 0.0540. The highest BCUT2D eigenvalue weighted by atomic mass is 16.5. The van der Waals surface area contributed by atoms with Crippen LogP contribution >= 0.6 is 0 Å². The van der Waals surface area contributed by atoms with Gasteiger partial charge < -0.3 is 15.4 Å². The number of rotatable bonds is 6. The normalized spacial score (nSPS) is 29.0. The van der Waals surface area contributed by atoms with E-state index < -0.39 is 0 Å². The highest BCUT2D eigenvalue weighted by Crippen LogP contribution is 2.18. The average molecular weight is 212 g/mol. The molecule has 0 spiro atoms. The van der Waals surface area contributed by atoms with Crippen molar-refractivity contribution in [3.05, 3.63) is 0 Å². The molecule has 3 nitrogen and oxygen atoms in total. The fourth-order valence-electron chi connectivity index (χ4n) is 2.04. The van der Waals surface area contributed by atoms with Gasteiger partial charge in [0.05, 0.1) is 6.61 Å². The Balaban J connectivity index is 1.50. The maximum absolute atomic E-state index is 5.47. The average Bonchev–Trinajstić information content (AvgIpc) is 3.09. The van der Waals surface area contributed by atoms with Gasteiger partial charge in [-0.05, 0) is 38.5 Å². The zero-order chi connectivity index (χ0) is 10.5. The van der Waals surface area contributed by atoms with Crippen LogP contribution < -0.4 is 10.6 Å². The smallest absolute Gasteiger partial charge is 0.0506 e. The van der Waals surface area contributed by atoms with Crippen LogP contribution in [-0.2, 0) is 4.74 Å². The van der Waals surface area contributed by atoms with E-state index >= 15 is 0 Å². The van der Waals surface area contributed by atoms with Gasteiger partial charge in [-0.25, -0.2) is 0 Å². The molecule has 2 aliphatic rings. The molecule has 1 saturated heterocycles. The van der Waals surface area contributed by atoms with Crippen LogP contribution in [0.5, 0.6) is 0 Å². The number of ether oxygens (including phenoxy) is 1. The molecular formula is C12H24N2O. The molecule has 0 aromatic carbocycles. The van der Waals surface area contributed by atoms with E-state index in [-0.39, 0.29) is 0 Å². The summed E-state index contributed by atoms with van der Waals surface area (Å²) in [5.74, 6) is 0.738. The molecule has 0 aromatic heterocycles. The monoisotopic (exact) mass is 212 g/mol. The lowest BCUT2D eigenvalue weighted by Gasteiger charge is -2.24. The van der Waals surface area contributed by atoms with E-state index in [9.17, 15) is 0 Å². The van der Waals surface area contributed by atoms with Crippen LogP contribution in [0, 0.1) is 5.92 Å². The van der Waals surface area contributed by atoms with Gasteiger partial charge in [0.15, 0.2) is 0 Å². The highest BCUT2D eigenvalue weighted by Gasteiger charge is 2.21. The minimum absolute atomic E-state index is 0.590. The Morgan fingerprint density at radius 2 is 2.20 bits per heavy atom. The van der Waals surface area contributed by atoms with Crippen LogP contribution in [0.15, 0.2) is 0 Å². The first-order valence-corrected chi connectivity index (χ1v) is 6.39. The lowest BCUT2D eigenvalue weighted by atomic mass is 10.0. The third kappa shape index (κ3) is 4.49. The van der Waals surface area contributed by atoms with Crippen molar-refractivity contribution in [3.8, 4) is 0 Å². The van der Waals surface area contributed by atoms with Gasteiger partial charge in [-0.3, -0.25) is 0 Å². The summed E-state index contributed by atoms with van der Waals surface area (Å²) in [6.45, 7) is 6.41. The van der Waals surface area contributed by atoms with Crippen molar-refractivity contribution < 1.29 is 4.74 Å². The standard InChI is InChI=1S/C12H24N2O/c1-10(7-14-12-4-5-12)13-8-11-3-2-6-15-9-11/h10-14H,2-9H2,1H3. The minimum Gasteiger partial charge on any atom is -0.381 e. The molecule has 0 radical (unpaired) electrons. The summed E-state index contributed by atoms with van der Waals surface area (Å²) in [7, 11) is 0. The van der Waals surface area contributed by atoms with E-state index in [1.54, 1.807) is 0 Å². The molecular weight excluding hydrogens is 188 g/mol. The molecule has 0 aromatic rings. The van der Waals surface area contributed by atoms with Crippen molar-refractivity contribution in [2.75, 3.05) is 26.3 Å². The fourth-order valence-corrected chi connectivity index (χ4v) is 2.04. The maximum atomic E-state index is 5.47. The predicted molar refractivity (Wildman–Crippen MR) is 62.0 cm³/mol. The van der Waals surface area contributed by atoms with Crippen molar-refractivity contribution in [2.45, 2.75) is 44.7 Å². The van der Waals surface area contributed by atoms with E-state index in [0.717, 1.165) is 38.3 Å². The summed E-state index contributed by atoms with van der Waals surface area (Å²) in [5, 5.41) is 7.14. The van der Waals surface area contributed by atoms with E-state index in [1.165, 1.54) is 25.7 Å². The van der Waals surface area contributed by atoms with Crippen molar-refractivity contribution >= 4 is 0 Å². The van der Waals surface area contributed by atoms with Crippen molar-refractivity contribution in [1.82, 2.24) is 10.6 Å². The van der Waals surface area contributed by atoms with Gasteiger partial charge in [0.1, 0.15) is 0 Å². The van der Waals surface area contributed by atoms with E-state index in [2.05, 4.69) is 17.6 Å². The first-order valence-electron chi connectivity index (χ1n) is 6.39. The lowest BCUT2D eigenvalue weighted by Crippen LogP contribution is -2.40. The Labute approximate surface area is 93.0 Å². The van der Waals surface area contributed by atoms with Crippen LogP contribution in [0.25, 0.3) is 0 Å². The number of nitrogens with one attached hydrogen (secondary N) is 2. The molecule has 2 atom stereocenters. The number of hydrogen-bond donors (Lipinski definition) is 2. The molecule has 88 valence electrons. The Morgan fingerprint density at radius 1 is 1.33 bits per heavy atom. The van der Waals surface area contributed by atoms with Gasteiger partial charge in [0.2, 0.25) is 0 Å². The molecule has 1 aliphatic carbocycles. The zero-order valence-electron chi connectivity index (χ0n) is 9.80. The summed E-state index contributed by atoms with van der Waals surface area (Å²) in [4.78, 5) is 0.